The van der Waals surface area contributed by atoms with E-state index >= 15 is 0 Å². The number of hydrogen-bond donors (Lipinski definition) is 0. The highest BCUT2D eigenvalue weighted by Crippen LogP contribution is 2.48. The average Bonchev–Trinajstić information content (AvgIpc) is 3.60. The Hall–Kier alpha value is -1.78. The van der Waals surface area contributed by atoms with Crippen LogP contribution in [0.4, 0.5) is 0 Å². The average molecular weight is 382 g/mol. The van der Waals surface area contributed by atoms with Crippen LogP contribution < -0.4 is 0 Å². The van der Waals surface area contributed by atoms with Crippen molar-refractivity contribution in [2.75, 3.05) is 0 Å². The molecule has 0 N–H and O–H groups in total. The zero-order valence-corrected chi connectivity index (χ0v) is 16.0. The van der Waals surface area contributed by atoms with Gasteiger partial charge in [-0.1, -0.05) is 65.8 Å². The van der Waals surface area contributed by atoms with Gasteiger partial charge in [0.2, 0.25) is 0 Å². The summed E-state index contributed by atoms with van der Waals surface area (Å²) in [5.41, 5.74) is 2.52. The maximum absolute atomic E-state index is 6.11. The lowest BCUT2D eigenvalue weighted by Crippen LogP contribution is -2.04. The lowest BCUT2D eigenvalue weighted by atomic mass is 10.0. The third kappa shape index (κ3) is 3.28. The van der Waals surface area contributed by atoms with E-state index in [9.17, 15) is 0 Å². The van der Waals surface area contributed by atoms with Crippen molar-refractivity contribution in [2.45, 2.75) is 48.0 Å². The third-order valence-corrected chi connectivity index (χ3v) is 6.56. The molecule has 2 saturated carbocycles. The van der Waals surface area contributed by atoms with E-state index in [4.69, 9.17) is 11.6 Å². The summed E-state index contributed by atoms with van der Waals surface area (Å²) in [5.74, 6) is 1.83. The molecule has 0 saturated heterocycles. The summed E-state index contributed by atoms with van der Waals surface area (Å²) in [5, 5.41) is 11.2. The maximum atomic E-state index is 6.11. The van der Waals surface area contributed by atoms with Crippen molar-refractivity contribution in [3.8, 4) is 0 Å². The van der Waals surface area contributed by atoms with Crippen LogP contribution in [0.15, 0.2) is 59.8 Å². The van der Waals surface area contributed by atoms with Crippen LogP contribution >= 0.6 is 23.4 Å². The van der Waals surface area contributed by atoms with Crippen LogP contribution in [-0.4, -0.2) is 14.8 Å². The Balaban J connectivity index is 1.53. The van der Waals surface area contributed by atoms with Gasteiger partial charge in [0, 0.05) is 17.0 Å². The second-order valence-corrected chi connectivity index (χ2v) is 8.69. The van der Waals surface area contributed by atoms with Crippen molar-refractivity contribution in [1.82, 2.24) is 14.8 Å². The molecular formula is C21H20ClN3S. The minimum Gasteiger partial charge on any atom is -0.303 e. The van der Waals surface area contributed by atoms with E-state index in [1.807, 2.05) is 23.9 Å². The molecule has 2 aliphatic rings. The Kier molecular flexibility index (Phi) is 4.26. The Morgan fingerprint density at radius 2 is 1.58 bits per heavy atom. The molecule has 2 aliphatic carbocycles. The number of aromatic nitrogens is 3. The number of hydrogen-bond acceptors (Lipinski definition) is 3. The molecule has 1 atom stereocenters. The number of thioether (sulfide) groups is 1. The first-order valence-corrected chi connectivity index (χ1v) is 10.5. The van der Waals surface area contributed by atoms with Gasteiger partial charge in [0.1, 0.15) is 5.82 Å². The number of nitrogens with zero attached hydrogens (tertiary/aromatic N) is 3. The summed E-state index contributed by atoms with van der Waals surface area (Å²) in [4.78, 5) is 0. The highest BCUT2D eigenvalue weighted by molar-refractivity contribution is 7.99. The minimum atomic E-state index is 0.183. The summed E-state index contributed by atoms with van der Waals surface area (Å²) in [7, 11) is 0. The lowest BCUT2D eigenvalue weighted by Gasteiger charge is -2.18. The number of benzene rings is 2. The fraction of sp³-hybridized carbons (Fsp3) is 0.333. The van der Waals surface area contributed by atoms with Crippen LogP contribution in [0.25, 0.3) is 0 Å². The zero-order chi connectivity index (χ0) is 17.5. The van der Waals surface area contributed by atoms with Gasteiger partial charge in [0.05, 0.1) is 5.25 Å². The fourth-order valence-corrected chi connectivity index (χ4v) is 4.73. The molecule has 5 heteroatoms. The van der Waals surface area contributed by atoms with E-state index in [1.165, 1.54) is 42.6 Å². The van der Waals surface area contributed by atoms with Gasteiger partial charge in [0.15, 0.2) is 5.16 Å². The van der Waals surface area contributed by atoms with Gasteiger partial charge in [-0.15, -0.1) is 10.2 Å². The fourth-order valence-electron chi connectivity index (χ4n) is 3.36. The van der Waals surface area contributed by atoms with E-state index in [2.05, 4.69) is 57.2 Å². The van der Waals surface area contributed by atoms with Crippen LogP contribution in [0.2, 0.25) is 5.02 Å². The molecule has 26 heavy (non-hydrogen) atoms. The second-order valence-electron chi connectivity index (χ2n) is 7.18. The van der Waals surface area contributed by atoms with Crippen LogP contribution in [0.3, 0.4) is 0 Å². The van der Waals surface area contributed by atoms with Crippen LogP contribution in [-0.2, 0) is 0 Å². The molecule has 2 aromatic carbocycles. The quantitative estimate of drug-likeness (QED) is 0.488. The third-order valence-electron chi connectivity index (χ3n) is 5.04. The molecule has 1 heterocycles. The first kappa shape index (κ1) is 16.4. The molecule has 0 unspecified atom stereocenters. The van der Waals surface area contributed by atoms with E-state index in [0.29, 0.717) is 12.0 Å². The monoisotopic (exact) mass is 381 g/mol. The molecule has 0 amide bonds. The minimum absolute atomic E-state index is 0.183. The SMILES string of the molecule is Clc1ccc([C@H](Sc2nnc(C3CC3)n2C2CC2)c2ccccc2)cc1. The smallest absolute Gasteiger partial charge is 0.192 e. The second kappa shape index (κ2) is 6.75. The number of halogens is 1. The summed E-state index contributed by atoms with van der Waals surface area (Å²) in [6.45, 7) is 0. The zero-order valence-electron chi connectivity index (χ0n) is 14.4. The molecule has 0 radical (unpaired) electrons. The summed E-state index contributed by atoms with van der Waals surface area (Å²) >= 11 is 7.92. The van der Waals surface area contributed by atoms with Gasteiger partial charge in [0.25, 0.3) is 0 Å². The summed E-state index contributed by atoms with van der Waals surface area (Å²) < 4.78 is 2.42. The molecule has 1 aromatic heterocycles. The molecule has 0 bridgehead atoms. The predicted octanol–water partition coefficient (Wildman–Crippen LogP) is 6.03. The molecule has 0 aliphatic heterocycles. The number of rotatable bonds is 6. The summed E-state index contributed by atoms with van der Waals surface area (Å²) in [6, 6.07) is 19.4. The van der Waals surface area contributed by atoms with E-state index < -0.39 is 0 Å². The Labute approximate surface area is 162 Å². The van der Waals surface area contributed by atoms with Crippen molar-refractivity contribution < 1.29 is 0 Å². The molecule has 3 aromatic rings. The van der Waals surface area contributed by atoms with Gasteiger partial charge in [-0.25, -0.2) is 0 Å². The van der Waals surface area contributed by atoms with Crippen LogP contribution in [0.5, 0.6) is 0 Å². The van der Waals surface area contributed by atoms with Gasteiger partial charge in [-0.05, 0) is 48.9 Å². The Morgan fingerprint density at radius 1 is 0.885 bits per heavy atom. The van der Waals surface area contributed by atoms with Crippen molar-refractivity contribution in [1.29, 1.82) is 0 Å². The Bertz CT molecular complexity index is 899. The van der Waals surface area contributed by atoms with Crippen LogP contribution in [0, 0.1) is 0 Å². The molecule has 132 valence electrons. The van der Waals surface area contributed by atoms with Gasteiger partial charge >= 0.3 is 0 Å². The maximum Gasteiger partial charge on any atom is 0.192 e. The standard InChI is InChI=1S/C21H20ClN3S/c22-17-10-8-15(9-11-17)19(14-4-2-1-3-5-14)26-21-24-23-20(16-6-7-16)25(21)18-12-13-18/h1-5,8-11,16,18-19H,6-7,12-13H2/t19-/m1/s1. The topological polar surface area (TPSA) is 30.7 Å². The molecule has 5 rings (SSSR count). The van der Waals surface area contributed by atoms with Gasteiger partial charge in [-0.2, -0.15) is 0 Å². The first-order valence-electron chi connectivity index (χ1n) is 9.21. The van der Waals surface area contributed by atoms with Crippen LogP contribution in [0.1, 0.15) is 59.8 Å². The van der Waals surface area contributed by atoms with E-state index in [1.54, 1.807) is 0 Å². The largest absolute Gasteiger partial charge is 0.303 e. The van der Waals surface area contributed by atoms with E-state index in [0.717, 1.165) is 10.2 Å². The lowest BCUT2D eigenvalue weighted by molar-refractivity contribution is 0.626. The molecule has 3 nitrogen and oxygen atoms in total. The summed E-state index contributed by atoms with van der Waals surface area (Å²) in [6.07, 6.45) is 5.02. The normalized spacial score (nSPS) is 18.0. The highest BCUT2D eigenvalue weighted by Gasteiger charge is 2.37. The van der Waals surface area contributed by atoms with Gasteiger partial charge in [-0.3, -0.25) is 0 Å². The Morgan fingerprint density at radius 3 is 2.23 bits per heavy atom. The van der Waals surface area contributed by atoms with Crippen molar-refractivity contribution >= 4 is 23.4 Å². The molecular weight excluding hydrogens is 362 g/mol. The van der Waals surface area contributed by atoms with E-state index in [-0.39, 0.29) is 5.25 Å². The first-order chi connectivity index (χ1) is 12.8. The highest BCUT2D eigenvalue weighted by atomic mass is 35.5. The molecule has 0 spiro atoms. The van der Waals surface area contributed by atoms with Gasteiger partial charge < -0.3 is 4.57 Å². The van der Waals surface area contributed by atoms with Crippen molar-refractivity contribution in [2.24, 2.45) is 0 Å². The van der Waals surface area contributed by atoms with Crippen molar-refractivity contribution in [3.63, 3.8) is 0 Å². The predicted molar refractivity (Wildman–Crippen MR) is 106 cm³/mol. The van der Waals surface area contributed by atoms with Crippen molar-refractivity contribution in [3.05, 3.63) is 76.6 Å². The molecule has 2 fully saturated rings.